The molecule has 1 aliphatic heterocycles. The summed E-state index contributed by atoms with van der Waals surface area (Å²) in [5.74, 6) is 6.58. The van der Waals surface area contributed by atoms with Crippen LogP contribution in [0.25, 0.3) is 0 Å². The molecule has 1 aliphatic carbocycles. The minimum Gasteiger partial charge on any atom is -0.489 e. The van der Waals surface area contributed by atoms with Gasteiger partial charge in [-0.15, -0.1) is 11.8 Å². The average molecular weight is 413 g/mol. The number of carbonyl (C=O) groups excluding carboxylic acids is 1. The van der Waals surface area contributed by atoms with Gasteiger partial charge in [-0.25, -0.2) is 0 Å². The molecule has 1 heterocycles. The molecule has 5 nitrogen and oxygen atoms in total. The summed E-state index contributed by atoms with van der Waals surface area (Å²) in [6.07, 6.45) is 5.66. The standard InChI is InChI=1S/C25H32O5/c1-4-5-8-16(2)20(26)14-13-18-21(27)15-22-24(18)19-11-6-9-17(25(19)30-22)10-7-12-23(28)29-3/h6,9,11,13-14,16,18,20-22,24,26-27H,7-8,10,12,15H2,1-3H3/b14-13+/t16-,18-,20+,21+,22-,24?/m0/s1. The molecule has 1 aromatic carbocycles. The molecular formula is C25H32O5. The molecule has 0 aromatic heterocycles. The minimum atomic E-state index is -0.594. The van der Waals surface area contributed by atoms with Crippen LogP contribution in [-0.4, -0.2) is 41.6 Å². The maximum Gasteiger partial charge on any atom is 0.305 e. The van der Waals surface area contributed by atoms with Crippen LogP contribution in [-0.2, 0) is 16.0 Å². The zero-order chi connectivity index (χ0) is 21.7. The number of hydrogen-bond acceptors (Lipinski definition) is 5. The molecule has 1 unspecified atom stereocenters. The van der Waals surface area contributed by atoms with Crippen LogP contribution in [0.4, 0.5) is 0 Å². The molecule has 2 N–H and O–H groups in total. The number of aliphatic hydroxyl groups is 2. The average Bonchev–Trinajstić information content (AvgIpc) is 3.25. The number of benzene rings is 1. The minimum absolute atomic E-state index is 0.0385. The van der Waals surface area contributed by atoms with Crippen molar-refractivity contribution in [2.75, 3.05) is 7.11 Å². The maximum absolute atomic E-state index is 11.4. The molecule has 3 rings (SSSR count). The number of methoxy groups -OCH3 is 1. The summed E-state index contributed by atoms with van der Waals surface area (Å²) in [4.78, 5) is 11.4. The van der Waals surface area contributed by atoms with Crippen molar-refractivity contribution >= 4 is 5.97 Å². The highest BCUT2D eigenvalue weighted by Gasteiger charge is 2.48. The topological polar surface area (TPSA) is 76.0 Å². The van der Waals surface area contributed by atoms with Crippen LogP contribution in [0.15, 0.2) is 30.4 Å². The summed E-state index contributed by atoms with van der Waals surface area (Å²) in [6, 6.07) is 6.13. The highest BCUT2D eigenvalue weighted by atomic mass is 16.5. The van der Waals surface area contributed by atoms with Crippen LogP contribution >= 0.6 is 0 Å². The largest absolute Gasteiger partial charge is 0.489 e. The van der Waals surface area contributed by atoms with E-state index in [1.54, 1.807) is 13.0 Å². The molecule has 1 aromatic rings. The van der Waals surface area contributed by atoms with E-state index >= 15 is 0 Å². The zero-order valence-corrected chi connectivity index (χ0v) is 18.0. The normalized spacial score (nSPS) is 26.3. The zero-order valence-electron chi connectivity index (χ0n) is 18.0. The van der Waals surface area contributed by atoms with Crippen molar-refractivity contribution in [3.8, 4) is 17.6 Å². The van der Waals surface area contributed by atoms with E-state index in [9.17, 15) is 15.0 Å². The molecule has 1 saturated carbocycles. The van der Waals surface area contributed by atoms with E-state index in [4.69, 9.17) is 9.47 Å². The van der Waals surface area contributed by atoms with Gasteiger partial charge in [0.2, 0.25) is 0 Å². The lowest BCUT2D eigenvalue weighted by molar-refractivity contribution is -0.140. The Morgan fingerprint density at radius 2 is 2.23 bits per heavy atom. The lowest BCUT2D eigenvalue weighted by Crippen LogP contribution is -2.19. The number of ether oxygens (including phenoxy) is 2. The molecule has 0 bridgehead atoms. The van der Waals surface area contributed by atoms with Crippen molar-refractivity contribution in [1.29, 1.82) is 0 Å². The van der Waals surface area contributed by atoms with Crippen LogP contribution < -0.4 is 4.74 Å². The van der Waals surface area contributed by atoms with E-state index < -0.39 is 12.2 Å². The summed E-state index contributed by atoms with van der Waals surface area (Å²) in [7, 11) is 1.40. The molecule has 0 spiro atoms. The van der Waals surface area contributed by atoms with Gasteiger partial charge >= 0.3 is 5.97 Å². The van der Waals surface area contributed by atoms with Gasteiger partial charge in [-0.1, -0.05) is 37.3 Å². The van der Waals surface area contributed by atoms with E-state index in [2.05, 4.69) is 17.9 Å². The molecule has 30 heavy (non-hydrogen) atoms. The Morgan fingerprint density at radius 1 is 1.43 bits per heavy atom. The molecule has 0 saturated heterocycles. The van der Waals surface area contributed by atoms with Gasteiger partial charge in [-0.2, -0.15) is 0 Å². The van der Waals surface area contributed by atoms with Crippen LogP contribution in [0.1, 0.15) is 56.6 Å². The van der Waals surface area contributed by atoms with Crippen molar-refractivity contribution in [3.63, 3.8) is 0 Å². The smallest absolute Gasteiger partial charge is 0.305 e. The second kappa shape index (κ2) is 10.1. The highest BCUT2D eigenvalue weighted by Crippen LogP contribution is 2.52. The first-order valence-corrected chi connectivity index (χ1v) is 10.8. The van der Waals surface area contributed by atoms with Crippen molar-refractivity contribution in [2.45, 2.75) is 70.2 Å². The fraction of sp³-hybridized carbons (Fsp3) is 0.560. The molecule has 162 valence electrons. The monoisotopic (exact) mass is 412 g/mol. The lowest BCUT2D eigenvalue weighted by atomic mass is 9.86. The number of rotatable bonds is 8. The van der Waals surface area contributed by atoms with Crippen LogP contribution in [0.2, 0.25) is 0 Å². The molecule has 1 fully saturated rings. The van der Waals surface area contributed by atoms with E-state index in [1.165, 1.54) is 7.11 Å². The number of aryl methyl sites for hydroxylation is 1. The van der Waals surface area contributed by atoms with Gasteiger partial charge in [-0.05, 0) is 31.2 Å². The first-order chi connectivity index (χ1) is 14.5. The van der Waals surface area contributed by atoms with Gasteiger partial charge in [0.25, 0.3) is 0 Å². The van der Waals surface area contributed by atoms with Crippen LogP contribution in [0.5, 0.6) is 5.75 Å². The van der Waals surface area contributed by atoms with Gasteiger partial charge in [0.05, 0.1) is 19.3 Å². The molecular weight excluding hydrogens is 380 g/mol. The Morgan fingerprint density at radius 3 is 2.97 bits per heavy atom. The first kappa shape index (κ1) is 22.4. The van der Waals surface area contributed by atoms with Gasteiger partial charge in [0.15, 0.2) is 0 Å². The Balaban J connectivity index is 1.73. The SMILES string of the molecule is CC#CC[C@H](C)[C@H](O)/C=C/[C@@H]1C2c3cccc(CCCC(=O)OC)c3O[C@H]2C[C@H]1O. The van der Waals surface area contributed by atoms with Crippen LogP contribution in [0.3, 0.4) is 0 Å². The number of para-hydroxylation sites is 1. The molecule has 6 atom stereocenters. The predicted octanol–water partition coefficient (Wildman–Crippen LogP) is 3.37. The lowest BCUT2D eigenvalue weighted by Gasteiger charge is -2.19. The van der Waals surface area contributed by atoms with Gasteiger partial charge in [-0.3, -0.25) is 4.79 Å². The summed E-state index contributed by atoms with van der Waals surface area (Å²) in [5, 5.41) is 21.1. The van der Waals surface area contributed by atoms with E-state index in [-0.39, 0.29) is 29.8 Å². The Hall–Kier alpha value is -2.29. The van der Waals surface area contributed by atoms with E-state index in [0.717, 1.165) is 23.3 Å². The number of carbonyl (C=O) groups is 1. The van der Waals surface area contributed by atoms with Crippen molar-refractivity contribution < 1.29 is 24.5 Å². The fourth-order valence-electron chi connectivity index (χ4n) is 4.51. The Labute approximate surface area is 179 Å². The number of esters is 1. The molecule has 2 aliphatic rings. The fourth-order valence-corrected chi connectivity index (χ4v) is 4.51. The van der Waals surface area contributed by atoms with Gasteiger partial charge in [0, 0.05) is 36.7 Å². The maximum atomic E-state index is 11.4. The highest BCUT2D eigenvalue weighted by molar-refractivity contribution is 5.69. The summed E-state index contributed by atoms with van der Waals surface area (Å²) >= 11 is 0. The molecule has 5 heteroatoms. The van der Waals surface area contributed by atoms with Gasteiger partial charge < -0.3 is 19.7 Å². The third kappa shape index (κ3) is 4.88. The number of aliphatic hydroxyl groups excluding tert-OH is 2. The third-order valence-corrected chi connectivity index (χ3v) is 6.26. The van der Waals surface area contributed by atoms with Crippen molar-refractivity contribution in [1.82, 2.24) is 0 Å². The Kier molecular flexibility index (Phi) is 7.58. The second-order valence-electron chi connectivity index (χ2n) is 8.31. The molecule has 0 amide bonds. The summed E-state index contributed by atoms with van der Waals surface area (Å²) in [6.45, 7) is 3.77. The first-order valence-electron chi connectivity index (χ1n) is 10.8. The summed E-state index contributed by atoms with van der Waals surface area (Å²) in [5.41, 5.74) is 2.20. The quantitative estimate of drug-likeness (QED) is 0.389. The molecule has 0 radical (unpaired) electrons. The van der Waals surface area contributed by atoms with Crippen molar-refractivity contribution in [2.24, 2.45) is 11.8 Å². The van der Waals surface area contributed by atoms with Crippen molar-refractivity contribution in [3.05, 3.63) is 41.5 Å². The van der Waals surface area contributed by atoms with Gasteiger partial charge in [0.1, 0.15) is 11.9 Å². The van der Waals surface area contributed by atoms with E-state index in [0.29, 0.717) is 25.7 Å². The Bertz CT molecular complexity index is 834. The van der Waals surface area contributed by atoms with E-state index in [1.807, 2.05) is 25.1 Å². The van der Waals surface area contributed by atoms with Crippen LogP contribution in [0, 0.1) is 23.7 Å². The summed E-state index contributed by atoms with van der Waals surface area (Å²) < 4.78 is 11.0. The predicted molar refractivity (Wildman–Crippen MR) is 115 cm³/mol. The third-order valence-electron chi connectivity index (χ3n) is 6.26. The second-order valence-corrected chi connectivity index (χ2v) is 8.31. The number of fused-ring (bicyclic) bond motifs is 3. The number of hydrogen-bond donors (Lipinski definition) is 2.